The number of thiophene rings is 1. The smallest absolute Gasteiger partial charge is 0.263 e. The fraction of sp³-hybridized carbons (Fsp3) is 0.650. The van der Waals surface area contributed by atoms with Crippen LogP contribution < -0.4 is 10.9 Å². The summed E-state index contributed by atoms with van der Waals surface area (Å²) in [6.07, 6.45) is 2.00. The lowest BCUT2D eigenvalue weighted by Gasteiger charge is -2.31. The van der Waals surface area contributed by atoms with Crippen LogP contribution in [0.15, 0.2) is 9.95 Å². The zero-order valence-corrected chi connectivity index (χ0v) is 19.0. The summed E-state index contributed by atoms with van der Waals surface area (Å²) >= 11 is 2.91. The van der Waals surface area contributed by atoms with Crippen LogP contribution in [0.4, 0.5) is 0 Å². The Labute approximate surface area is 174 Å². The van der Waals surface area contributed by atoms with Gasteiger partial charge in [-0.25, -0.2) is 4.98 Å². The molecule has 1 aliphatic rings. The summed E-state index contributed by atoms with van der Waals surface area (Å²) in [6, 6.07) is 0.245. The van der Waals surface area contributed by atoms with Gasteiger partial charge in [-0.3, -0.25) is 14.2 Å². The van der Waals surface area contributed by atoms with Gasteiger partial charge in [0.25, 0.3) is 5.56 Å². The van der Waals surface area contributed by atoms with Gasteiger partial charge in [-0.05, 0) is 52.6 Å². The highest BCUT2D eigenvalue weighted by Crippen LogP contribution is 2.29. The van der Waals surface area contributed by atoms with Gasteiger partial charge < -0.3 is 10.2 Å². The van der Waals surface area contributed by atoms with Crippen LogP contribution in [0.25, 0.3) is 10.2 Å². The Morgan fingerprint density at radius 3 is 2.61 bits per heavy atom. The van der Waals surface area contributed by atoms with Gasteiger partial charge >= 0.3 is 0 Å². The van der Waals surface area contributed by atoms with Crippen molar-refractivity contribution in [3.05, 3.63) is 20.8 Å². The maximum atomic E-state index is 13.1. The molecule has 1 saturated heterocycles. The van der Waals surface area contributed by atoms with Gasteiger partial charge in [0.05, 0.1) is 11.1 Å². The molecular weight excluding hydrogens is 392 g/mol. The van der Waals surface area contributed by atoms with Crippen LogP contribution in [0.2, 0.25) is 0 Å². The first-order valence-corrected chi connectivity index (χ1v) is 11.8. The molecule has 3 heterocycles. The van der Waals surface area contributed by atoms with Crippen LogP contribution in [0, 0.1) is 13.8 Å². The molecule has 154 valence electrons. The molecule has 0 radical (unpaired) electrons. The van der Waals surface area contributed by atoms with E-state index in [2.05, 4.69) is 17.1 Å². The van der Waals surface area contributed by atoms with E-state index in [1.165, 1.54) is 11.8 Å². The molecule has 2 aromatic heterocycles. The first-order valence-electron chi connectivity index (χ1n) is 9.98. The first kappa shape index (κ1) is 21.3. The van der Waals surface area contributed by atoms with Crippen molar-refractivity contribution in [1.82, 2.24) is 19.8 Å². The second-order valence-electron chi connectivity index (χ2n) is 7.69. The number of hydrogen-bond acceptors (Lipinski definition) is 6. The van der Waals surface area contributed by atoms with E-state index >= 15 is 0 Å². The van der Waals surface area contributed by atoms with E-state index in [4.69, 9.17) is 4.98 Å². The molecule has 2 aromatic rings. The number of aryl methyl sites for hydroxylation is 2. The number of carbonyl (C=O) groups excluding carboxylic acids is 1. The summed E-state index contributed by atoms with van der Waals surface area (Å²) in [5.41, 5.74) is 1.01. The average Bonchev–Trinajstić information content (AvgIpc) is 2.94. The Morgan fingerprint density at radius 2 is 2.00 bits per heavy atom. The number of hydrogen-bond donors (Lipinski definition) is 1. The van der Waals surface area contributed by atoms with Crippen LogP contribution in [0.3, 0.4) is 0 Å². The average molecular weight is 423 g/mol. The molecule has 1 fully saturated rings. The van der Waals surface area contributed by atoms with Gasteiger partial charge in [0.2, 0.25) is 5.91 Å². The Balaban J connectivity index is 1.72. The van der Waals surface area contributed by atoms with Crippen molar-refractivity contribution < 1.29 is 4.79 Å². The van der Waals surface area contributed by atoms with E-state index in [1.54, 1.807) is 15.9 Å². The SMILES string of the molecule is CCN1CCC(NC(=O)CSc2nc3sc(C)c(C)c3c(=O)n2C(C)C)CC1. The Kier molecular flexibility index (Phi) is 6.83. The van der Waals surface area contributed by atoms with Crippen molar-refractivity contribution in [2.24, 2.45) is 0 Å². The molecular formula is C20H30N4O2S2. The number of amides is 1. The van der Waals surface area contributed by atoms with Gasteiger partial charge in [-0.2, -0.15) is 0 Å². The molecule has 0 saturated carbocycles. The molecule has 1 N–H and O–H groups in total. The first-order chi connectivity index (χ1) is 13.3. The van der Waals surface area contributed by atoms with E-state index in [9.17, 15) is 9.59 Å². The van der Waals surface area contributed by atoms with Gasteiger partial charge in [-0.15, -0.1) is 11.3 Å². The Bertz CT molecular complexity index is 911. The third-order valence-electron chi connectivity index (χ3n) is 5.45. The second kappa shape index (κ2) is 8.97. The van der Waals surface area contributed by atoms with Crippen LogP contribution in [0.1, 0.15) is 50.1 Å². The number of carbonyl (C=O) groups is 1. The maximum Gasteiger partial charge on any atom is 0.263 e. The lowest BCUT2D eigenvalue weighted by atomic mass is 10.1. The third-order valence-corrected chi connectivity index (χ3v) is 7.51. The highest BCUT2D eigenvalue weighted by Gasteiger charge is 2.22. The summed E-state index contributed by atoms with van der Waals surface area (Å²) in [5.74, 6) is 0.297. The molecule has 6 nitrogen and oxygen atoms in total. The second-order valence-corrected chi connectivity index (χ2v) is 9.84. The molecule has 1 amide bonds. The number of nitrogens with zero attached hydrogens (tertiary/aromatic N) is 3. The molecule has 0 aromatic carbocycles. The van der Waals surface area contributed by atoms with E-state index < -0.39 is 0 Å². The zero-order valence-electron chi connectivity index (χ0n) is 17.4. The number of piperidine rings is 1. The summed E-state index contributed by atoms with van der Waals surface area (Å²) in [6.45, 7) is 13.3. The molecule has 28 heavy (non-hydrogen) atoms. The van der Waals surface area contributed by atoms with Crippen molar-refractivity contribution in [3.63, 3.8) is 0 Å². The largest absolute Gasteiger partial charge is 0.353 e. The number of likely N-dealkylation sites (tertiary alicyclic amines) is 1. The number of thioether (sulfide) groups is 1. The number of aromatic nitrogens is 2. The van der Waals surface area contributed by atoms with E-state index in [0.29, 0.717) is 10.5 Å². The lowest BCUT2D eigenvalue weighted by molar-refractivity contribution is -0.119. The quantitative estimate of drug-likeness (QED) is 0.571. The van der Waals surface area contributed by atoms with E-state index in [-0.39, 0.29) is 29.3 Å². The van der Waals surface area contributed by atoms with Gasteiger partial charge in [0, 0.05) is 30.1 Å². The minimum Gasteiger partial charge on any atom is -0.353 e. The zero-order chi connectivity index (χ0) is 20.4. The molecule has 0 aliphatic carbocycles. The standard InChI is InChI=1S/C20H30N4O2S2/c1-6-23-9-7-15(8-10-23)21-16(25)11-27-20-22-18-17(13(4)14(5)28-18)19(26)24(20)12(2)3/h12,15H,6-11H2,1-5H3,(H,21,25). The summed E-state index contributed by atoms with van der Waals surface area (Å²) in [5, 5.41) is 4.49. The van der Waals surface area contributed by atoms with Crippen LogP contribution >= 0.6 is 23.1 Å². The highest BCUT2D eigenvalue weighted by atomic mass is 32.2. The molecule has 8 heteroatoms. The summed E-state index contributed by atoms with van der Waals surface area (Å²) < 4.78 is 1.72. The topological polar surface area (TPSA) is 67.2 Å². The lowest BCUT2D eigenvalue weighted by Crippen LogP contribution is -2.45. The van der Waals surface area contributed by atoms with Gasteiger partial charge in [-0.1, -0.05) is 18.7 Å². The molecule has 1 aliphatic heterocycles. The maximum absolute atomic E-state index is 13.1. The summed E-state index contributed by atoms with van der Waals surface area (Å²) in [4.78, 5) is 34.6. The molecule has 0 atom stereocenters. The molecule has 0 spiro atoms. The number of nitrogens with one attached hydrogen (secondary N) is 1. The van der Waals surface area contributed by atoms with Crippen molar-refractivity contribution in [2.45, 2.75) is 64.7 Å². The molecule has 0 bridgehead atoms. The fourth-order valence-corrected chi connectivity index (χ4v) is 5.65. The molecule has 3 rings (SSSR count). The predicted molar refractivity (Wildman–Crippen MR) is 118 cm³/mol. The van der Waals surface area contributed by atoms with Crippen molar-refractivity contribution in [1.29, 1.82) is 0 Å². The minimum absolute atomic E-state index is 0.00306. The van der Waals surface area contributed by atoms with Gasteiger partial charge in [0.1, 0.15) is 4.83 Å². The van der Waals surface area contributed by atoms with Crippen molar-refractivity contribution in [2.75, 3.05) is 25.4 Å². The number of fused-ring (bicyclic) bond motifs is 1. The monoisotopic (exact) mass is 422 g/mol. The van der Waals surface area contributed by atoms with E-state index in [0.717, 1.165) is 47.7 Å². The number of rotatable bonds is 6. The normalized spacial score (nSPS) is 16.2. The summed E-state index contributed by atoms with van der Waals surface area (Å²) in [7, 11) is 0. The highest BCUT2D eigenvalue weighted by molar-refractivity contribution is 7.99. The van der Waals surface area contributed by atoms with Crippen LogP contribution in [0.5, 0.6) is 0 Å². The Morgan fingerprint density at radius 1 is 1.32 bits per heavy atom. The predicted octanol–water partition coefficient (Wildman–Crippen LogP) is 3.35. The Hall–Kier alpha value is -1.38. The van der Waals surface area contributed by atoms with E-state index in [1.807, 2.05) is 27.7 Å². The van der Waals surface area contributed by atoms with Crippen molar-refractivity contribution >= 4 is 39.2 Å². The fourth-order valence-electron chi connectivity index (χ4n) is 3.64. The van der Waals surface area contributed by atoms with Crippen LogP contribution in [-0.4, -0.2) is 51.8 Å². The third kappa shape index (κ3) is 4.44. The van der Waals surface area contributed by atoms with Crippen LogP contribution in [-0.2, 0) is 4.79 Å². The molecule has 0 unspecified atom stereocenters. The van der Waals surface area contributed by atoms with Gasteiger partial charge in [0.15, 0.2) is 5.16 Å². The minimum atomic E-state index is -0.00654. The van der Waals surface area contributed by atoms with Crippen molar-refractivity contribution in [3.8, 4) is 0 Å².